The van der Waals surface area contributed by atoms with Crippen molar-refractivity contribution in [2.24, 2.45) is 0 Å². The molecule has 0 saturated heterocycles. The summed E-state index contributed by atoms with van der Waals surface area (Å²) in [6, 6.07) is 6.76. The lowest BCUT2D eigenvalue weighted by atomic mass is 10.4. The molecule has 0 atom stereocenters. The number of hydrogen-bond acceptors (Lipinski definition) is 5. The van der Waals surface area contributed by atoms with Crippen LogP contribution in [0.2, 0.25) is 0 Å². The van der Waals surface area contributed by atoms with Gasteiger partial charge < -0.3 is 4.74 Å². The van der Waals surface area contributed by atoms with Crippen LogP contribution in [0.5, 0.6) is 5.75 Å². The highest BCUT2D eigenvalue weighted by Crippen LogP contribution is 2.33. The molecule has 18 heavy (non-hydrogen) atoms. The fourth-order valence-electron chi connectivity index (χ4n) is 1.78. The van der Waals surface area contributed by atoms with Gasteiger partial charge in [0.2, 0.25) is 0 Å². The molecule has 2 aromatic heterocycles. The third-order valence-corrected chi connectivity index (χ3v) is 5.74. The van der Waals surface area contributed by atoms with Crippen molar-refractivity contribution in [3.63, 3.8) is 0 Å². The number of thiophene rings is 1. The first-order valence-corrected chi connectivity index (χ1v) is 7.65. The number of ether oxygens (including phenoxy) is 1. The van der Waals surface area contributed by atoms with Gasteiger partial charge in [-0.1, -0.05) is 6.07 Å². The number of pyridine rings is 1. The molecule has 0 aliphatic carbocycles. The molecule has 94 valence electrons. The summed E-state index contributed by atoms with van der Waals surface area (Å²) in [6.45, 7) is 0.619. The van der Waals surface area contributed by atoms with E-state index in [0.717, 1.165) is 0 Å². The number of hydrogen-bond donors (Lipinski definition) is 0. The maximum absolute atomic E-state index is 12.5. The van der Waals surface area contributed by atoms with Crippen LogP contribution in [-0.2, 0) is 10.0 Å². The summed E-state index contributed by atoms with van der Waals surface area (Å²) in [5.41, 5.74) is 0. The average Bonchev–Trinajstić information content (AvgIpc) is 2.92. The van der Waals surface area contributed by atoms with Crippen molar-refractivity contribution in [1.29, 1.82) is 0 Å². The summed E-state index contributed by atoms with van der Waals surface area (Å²) >= 11 is 1.20. The van der Waals surface area contributed by atoms with Gasteiger partial charge in [0.25, 0.3) is 10.0 Å². The smallest absolute Gasteiger partial charge is 0.275 e. The molecule has 0 amide bonds. The molecule has 0 saturated carbocycles. The molecule has 0 bridgehead atoms. The highest BCUT2D eigenvalue weighted by atomic mass is 32.2. The van der Waals surface area contributed by atoms with Gasteiger partial charge in [0.05, 0.1) is 6.54 Å². The molecule has 0 spiro atoms. The van der Waals surface area contributed by atoms with Crippen molar-refractivity contribution in [2.45, 2.75) is 4.21 Å². The van der Waals surface area contributed by atoms with Gasteiger partial charge >= 0.3 is 0 Å². The lowest BCUT2D eigenvalue weighted by Gasteiger charge is -2.28. The zero-order valence-electron chi connectivity index (χ0n) is 9.31. The first-order valence-electron chi connectivity index (χ1n) is 5.33. The highest BCUT2D eigenvalue weighted by Gasteiger charge is 2.31. The maximum atomic E-state index is 12.5. The minimum atomic E-state index is -3.52. The molecule has 0 aromatic carbocycles. The van der Waals surface area contributed by atoms with Crippen LogP contribution in [0.15, 0.2) is 40.1 Å². The Morgan fingerprint density at radius 1 is 1.33 bits per heavy atom. The second kappa shape index (κ2) is 4.25. The number of rotatable bonds is 2. The van der Waals surface area contributed by atoms with Gasteiger partial charge in [-0.15, -0.1) is 11.3 Å². The number of anilines is 1. The standard InChI is InChI=1S/C11H10N2O3S2/c14-18(15,10-4-2-8-17-10)13-6-7-16-9-3-1-5-12-11(9)13/h1-5,8H,6-7H2. The fraction of sp³-hybridized carbons (Fsp3) is 0.182. The minimum absolute atomic E-state index is 0.282. The Kier molecular flexibility index (Phi) is 2.71. The van der Waals surface area contributed by atoms with E-state index in [1.54, 1.807) is 35.8 Å². The van der Waals surface area contributed by atoms with Crippen LogP contribution in [0.4, 0.5) is 5.82 Å². The van der Waals surface area contributed by atoms with Crippen LogP contribution in [0.1, 0.15) is 0 Å². The first-order chi connectivity index (χ1) is 8.69. The van der Waals surface area contributed by atoms with Crippen molar-refractivity contribution < 1.29 is 13.2 Å². The number of sulfonamides is 1. The summed E-state index contributed by atoms with van der Waals surface area (Å²) in [5.74, 6) is 0.862. The van der Waals surface area contributed by atoms with E-state index in [-0.39, 0.29) is 6.54 Å². The van der Waals surface area contributed by atoms with Crippen molar-refractivity contribution in [3.05, 3.63) is 35.8 Å². The van der Waals surface area contributed by atoms with Gasteiger partial charge in [-0.2, -0.15) is 0 Å². The largest absolute Gasteiger partial charge is 0.488 e. The molecule has 0 N–H and O–H groups in total. The van der Waals surface area contributed by atoms with Gasteiger partial charge in [-0.05, 0) is 23.6 Å². The van der Waals surface area contributed by atoms with E-state index in [1.807, 2.05) is 0 Å². The van der Waals surface area contributed by atoms with Crippen LogP contribution in [-0.4, -0.2) is 26.6 Å². The van der Waals surface area contributed by atoms with Crippen LogP contribution in [0.3, 0.4) is 0 Å². The van der Waals surface area contributed by atoms with Gasteiger partial charge in [-0.25, -0.2) is 17.7 Å². The molecule has 1 aliphatic heterocycles. The monoisotopic (exact) mass is 282 g/mol. The second-order valence-electron chi connectivity index (χ2n) is 3.68. The van der Waals surface area contributed by atoms with Gasteiger partial charge in [0, 0.05) is 6.20 Å². The van der Waals surface area contributed by atoms with E-state index in [0.29, 0.717) is 22.4 Å². The molecule has 2 aromatic rings. The zero-order valence-corrected chi connectivity index (χ0v) is 10.9. The lowest BCUT2D eigenvalue weighted by Crippen LogP contribution is -2.38. The molecule has 0 radical (unpaired) electrons. The van der Waals surface area contributed by atoms with Gasteiger partial charge in [-0.3, -0.25) is 0 Å². The molecular weight excluding hydrogens is 272 g/mol. The summed E-state index contributed by atoms with van der Waals surface area (Å²) in [4.78, 5) is 4.10. The Hall–Kier alpha value is -1.60. The lowest BCUT2D eigenvalue weighted by molar-refractivity contribution is 0.313. The summed E-state index contributed by atoms with van der Waals surface area (Å²) in [6.07, 6.45) is 1.56. The van der Waals surface area contributed by atoms with Crippen LogP contribution in [0.25, 0.3) is 0 Å². The fourth-order valence-corrected chi connectivity index (χ4v) is 4.30. The predicted molar refractivity (Wildman–Crippen MR) is 68.6 cm³/mol. The topological polar surface area (TPSA) is 59.5 Å². The van der Waals surface area contributed by atoms with Crippen LogP contribution in [0, 0.1) is 0 Å². The van der Waals surface area contributed by atoms with E-state index in [9.17, 15) is 8.42 Å². The number of fused-ring (bicyclic) bond motifs is 1. The Bertz CT molecular complexity index is 653. The van der Waals surface area contributed by atoms with E-state index in [4.69, 9.17) is 4.74 Å². The molecule has 0 fully saturated rings. The van der Waals surface area contributed by atoms with Crippen LogP contribution >= 0.6 is 11.3 Å². The number of aromatic nitrogens is 1. The maximum Gasteiger partial charge on any atom is 0.275 e. The van der Waals surface area contributed by atoms with Crippen LogP contribution < -0.4 is 9.04 Å². The zero-order chi connectivity index (χ0) is 12.6. The molecule has 1 aliphatic rings. The van der Waals surface area contributed by atoms with Gasteiger partial charge in [0.15, 0.2) is 11.6 Å². The molecule has 5 nitrogen and oxygen atoms in total. The molecule has 7 heteroatoms. The summed E-state index contributed by atoms with van der Waals surface area (Å²) in [5, 5.41) is 1.74. The van der Waals surface area contributed by atoms with E-state index >= 15 is 0 Å². The summed E-state index contributed by atoms with van der Waals surface area (Å²) < 4.78 is 31.9. The Labute approximate surface area is 109 Å². The predicted octanol–water partition coefficient (Wildman–Crippen LogP) is 1.73. The highest BCUT2D eigenvalue weighted by molar-refractivity contribution is 7.94. The second-order valence-corrected chi connectivity index (χ2v) is 6.72. The minimum Gasteiger partial charge on any atom is -0.488 e. The molecular formula is C11H10N2O3S2. The van der Waals surface area contributed by atoms with Crippen molar-refractivity contribution in [3.8, 4) is 5.75 Å². The van der Waals surface area contributed by atoms with Crippen molar-refractivity contribution in [1.82, 2.24) is 4.98 Å². The Morgan fingerprint density at radius 3 is 3.00 bits per heavy atom. The summed E-state index contributed by atoms with van der Waals surface area (Å²) in [7, 11) is -3.52. The molecule has 0 unspecified atom stereocenters. The van der Waals surface area contributed by atoms with Gasteiger partial charge in [0.1, 0.15) is 10.8 Å². The SMILES string of the molecule is O=S(=O)(c1cccs1)N1CCOc2cccnc21. The quantitative estimate of drug-likeness (QED) is 0.841. The average molecular weight is 282 g/mol. The normalized spacial score (nSPS) is 15.0. The van der Waals surface area contributed by atoms with Crippen molar-refractivity contribution in [2.75, 3.05) is 17.5 Å². The molecule has 3 rings (SSSR count). The first kappa shape index (κ1) is 11.5. The Morgan fingerprint density at radius 2 is 2.22 bits per heavy atom. The van der Waals surface area contributed by atoms with E-state index < -0.39 is 10.0 Å². The van der Waals surface area contributed by atoms with E-state index in [1.165, 1.54) is 15.6 Å². The molecule has 3 heterocycles. The van der Waals surface area contributed by atoms with Crippen molar-refractivity contribution >= 4 is 27.2 Å². The Balaban J connectivity index is 2.10. The third-order valence-electron chi connectivity index (χ3n) is 2.58. The van der Waals surface area contributed by atoms with E-state index in [2.05, 4.69) is 4.98 Å². The number of nitrogens with zero attached hydrogens (tertiary/aromatic N) is 2. The third kappa shape index (κ3) is 1.75.